The summed E-state index contributed by atoms with van der Waals surface area (Å²) >= 11 is 1.25. The smallest absolute Gasteiger partial charge is 0.263 e. The summed E-state index contributed by atoms with van der Waals surface area (Å²) < 4.78 is 0. The average molecular weight is 239 g/mol. The van der Waals surface area contributed by atoms with E-state index in [9.17, 15) is 4.79 Å². The highest BCUT2D eigenvalue weighted by atomic mass is 32.1. The Morgan fingerprint density at radius 3 is 2.94 bits per heavy atom. The molecule has 2 rings (SSSR count). The van der Waals surface area contributed by atoms with Crippen LogP contribution in [0.2, 0.25) is 0 Å². The van der Waals surface area contributed by atoms with Gasteiger partial charge in [-0.3, -0.25) is 4.79 Å². The quantitative estimate of drug-likeness (QED) is 0.772. The minimum atomic E-state index is -0.0394. The maximum absolute atomic E-state index is 11.7. The van der Waals surface area contributed by atoms with Crippen LogP contribution in [0.1, 0.15) is 41.0 Å². The number of thiazole rings is 1. The van der Waals surface area contributed by atoms with Crippen LogP contribution in [0.3, 0.4) is 0 Å². The van der Waals surface area contributed by atoms with Crippen LogP contribution < -0.4 is 11.1 Å². The first-order valence-corrected chi connectivity index (χ1v) is 6.49. The number of aromatic nitrogens is 1. The molecule has 1 aliphatic carbocycles. The van der Waals surface area contributed by atoms with Crippen molar-refractivity contribution >= 4 is 22.4 Å². The van der Waals surface area contributed by atoms with Crippen LogP contribution in [0.5, 0.6) is 0 Å². The van der Waals surface area contributed by atoms with E-state index >= 15 is 0 Å². The number of hydrogen-bond acceptors (Lipinski definition) is 4. The monoisotopic (exact) mass is 239 g/mol. The van der Waals surface area contributed by atoms with Crippen molar-refractivity contribution in [3.63, 3.8) is 0 Å². The summed E-state index contributed by atoms with van der Waals surface area (Å²) in [6.07, 6.45) is 5.06. The number of nitrogens with zero attached hydrogens (tertiary/aromatic N) is 1. The van der Waals surface area contributed by atoms with Gasteiger partial charge in [0, 0.05) is 6.54 Å². The molecule has 1 amide bonds. The van der Waals surface area contributed by atoms with E-state index in [1.807, 2.05) is 6.92 Å². The molecule has 0 aliphatic heterocycles. The number of nitrogen functional groups attached to an aromatic ring is 1. The van der Waals surface area contributed by atoms with Crippen LogP contribution >= 0.6 is 11.3 Å². The first-order chi connectivity index (χ1) is 7.66. The van der Waals surface area contributed by atoms with Crippen LogP contribution in [-0.4, -0.2) is 17.4 Å². The normalized spacial score (nSPS) is 15.1. The van der Waals surface area contributed by atoms with E-state index in [1.54, 1.807) is 0 Å². The molecule has 0 spiro atoms. The van der Waals surface area contributed by atoms with Gasteiger partial charge in [-0.05, 0) is 25.7 Å². The molecule has 0 saturated heterocycles. The number of nitrogens with two attached hydrogens (primary N) is 1. The number of aryl methyl sites for hydroxylation is 1. The van der Waals surface area contributed by atoms with Crippen molar-refractivity contribution in [3.8, 4) is 0 Å². The average Bonchev–Trinajstić information content (AvgIpc) is 2.98. The second-order valence-electron chi connectivity index (χ2n) is 4.31. The molecular weight excluding hydrogens is 222 g/mol. The summed E-state index contributed by atoms with van der Waals surface area (Å²) in [5, 5.41) is 3.37. The molecule has 1 heterocycles. The molecule has 0 aromatic carbocycles. The number of nitrogens with one attached hydrogen (secondary N) is 1. The van der Waals surface area contributed by atoms with Gasteiger partial charge in [-0.2, -0.15) is 0 Å². The number of carbonyl (C=O) groups excluding carboxylic acids is 1. The van der Waals surface area contributed by atoms with Gasteiger partial charge in [-0.15, -0.1) is 0 Å². The van der Waals surface area contributed by atoms with Crippen LogP contribution in [0.15, 0.2) is 0 Å². The van der Waals surface area contributed by atoms with Crippen molar-refractivity contribution in [2.45, 2.75) is 32.6 Å². The maximum atomic E-state index is 11.7. The lowest BCUT2D eigenvalue weighted by molar-refractivity contribution is 0.0956. The highest BCUT2D eigenvalue weighted by molar-refractivity contribution is 7.17. The summed E-state index contributed by atoms with van der Waals surface area (Å²) in [5.41, 5.74) is 6.27. The van der Waals surface area contributed by atoms with Gasteiger partial charge in [0.05, 0.1) is 5.69 Å². The largest absolute Gasteiger partial charge is 0.375 e. The summed E-state index contributed by atoms with van der Waals surface area (Å²) in [4.78, 5) is 16.4. The van der Waals surface area contributed by atoms with Crippen LogP contribution in [0.4, 0.5) is 5.13 Å². The molecule has 5 heteroatoms. The van der Waals surface area contributed by atoms with E-state index in [-0.39, 0.29) is 5.91 Å². The zero-order chi connectivity index (χ0) is 11.5. The van der Waals surface area contributed by atoms with Crippen molar-refractivity contribution in [2.24, 2.45) is 5.92 Å². The first kappa shape index (κ1) is 11.4. The third-order valence-electron chi connectivity index (χ3n) is 2.79. The molecule has 1 aliphatic rings. The number of rotatable bonds is 5. The Morgan fingerprint density at radius 1 is 1.62 bits per heavy atom. The maximum Gasteiger partial charge on any atom is 0.263 e. The molecule has 4 nitrogen and oxygen atoms in total. The van der Waals surface area contributed by atoms with Gasteiger partial charge in [-0.1, -0.05) is 24.2 Å². The SMILES string of the molecule is Cc1nc(N)sc1C(=O)NCCCC1CC1. The van der Waals surface area contributed by atoms with E-state index in [1.165, 1.54) is 30.6 Å². The molecule has 0 atom stereocenters. The second-order valence-corrected chi connectivity index (χ2v) is 5.34. The zero-order valence-corrected chi connectivity index (χ0v) is 10.3. The van der Waals surface area contributed by atoms with E-state index < -0.39 is 0 Å². The summed E-state index contributed by atoms with van der Waals surface area (Å²) in [6, 6.07) is 0. The van der Waals surface area contributed by atoms with Crippen LogP contribution in [0, 0.1) is 12.8 Å². The lowest BCUT2D eigenvalue weighted by atomic mass is 10.2. The number of amides is 1. The molecule has 0 radical (unpaired) electrons. The number of anilines is 1. The first-order valence-electron chi connectivity index (χ1n) is 5.68. The van der Waals surface area contributed by atoms with Gasteiger partial charge in [-0.25, -0.2) is 4.98 Å². The van der Waals surface area contributed by atoms with Crippen LogP contribution in [0.25, 0.3) is 0 Å². The van der Waals surface area contributed by atoms with Crippen molar-refractivity contribution in [2.75, 3.05) is 12.3 Å². The van der Waals surface area contributed by atoms with Crippen molar-refractivity contribution in [1.29, 1.82) is 0 Å². The van der Waals surface area contributed by atoms with E-state index in [4.69, 9.17) is 5.73 Å². The second kappa shape index (κ2) is 4.82. The number of carbonyl (C=O) groups is 1. The van der Waals surface area contributed by atoms with Crippen LogP contribution in [-0.2, 0) is 0 Å². The van der Waals surface area contributed by atoms with Crippen molar-refractivity contribution in [1.82, 2.24) is 10.3 Å². The third-order valence-corrected chi connectivity index (χ3v) is 3.78. The van der Waals surface area contributed by atoms with Gasteiger partial charge in [0.15, 0.2) is 5.13 Å². The Bertz CT molecular complexity index is 385. The molecule has 1 fully saturated rings. The molecule has 88 valence electrons. The van der Waals surface area contributed by atoms with Crippen molar-refractivity contribution in [3.05, 3.63) is 10.6 Å². The topological polar surface area (TPSA) is 68.0 Å². The Kier molecular flexibility index (Phi) is 3.43. The van der Waals surface area contributed by atoms with Gasteiger partial charge < -0.3 is 11.1 Å². The lowest BCUT2D eigenvalue weighted by Crippen LogP contribution is -2.24. The number of hydrogen-bond donors (Lipinski definition) is 2. The summed E-state index contributed by atoms with van der Waals surface area (Å²) in [7, 11) is 0. The molecule has 1 aromatic heterocycles. The minimum absolute atomic E-state index is 0.0394. The van der Waals surface area contributed by atoms with E-state index in [0.717, 1.165) is 24.6 Å². The Labute approximate surface area is 99.3 Å². The van der Waals surface area contributed by atoms with Gasteiger partial charge >= 0.3 is 0 Å². The summed E-state index contributed by atoms with van der Waals surface area (Å²) in [5.74, 6) is 0.889. The van der Waals surface area contributed by atoms with E-state index in [0.29, 0.717) is 10.0 Å². The lowest BCUT2D eigenvalue weighted by Gasteiger charge is -2.03. The third kappa shape index (κ3) is 2.95. The van der Waals surface area contributed by atoms with E-state index in [2.05, 4.69) is 10.3 Å². The molecule has 1 saturated carbocycles. The molecule has 16 heavy (non-hydrogen) atoms. The minimum Gasteiger partial charge on any atom is -0.375 e. The van der Waals surface area contributed by atoms with Gasteiger partial charge in [0.2, 0.25) is 0 Å². The molecule has 0 bridgehead atoms. The Balaban J connectivity index is 1.75. The highest BCUT2D eigenvalue weighted by Crippen LogP contribution is 2.33. The molecule has 0 unspecified atom stereocenters. The molecule has 3 N–H and O–H groups in total. The molecular formula is C11H17N3OS. The fourth-order valence-corrected chi connectivity index (χ4v) is 2.46. The summed E-state index contributed by atoms with van der Waals surface area (Å²) in [6.45, 7) is 2.57. The van der Waals surface area contributed by atoms with Gasteiger partial charge in [0.1, 0.15) is 4.88 Å². The van der Waals surface area contributed by atoms with Crippen molar-refractivity contribution < 1.29 is 4.79 Å². The highest BCUT2D eigenvalue weighted by Gasteiger charge is 2.20. The fraction of sp³-hybridized carbons (Fsp3) is 0.636. The standard InChI is InChI=1S/C11H17N3OS/c1-7-9(16-11(12)14-7)10(15)13-6-2-3-8-4-5-8/h8H,2-6H2,1H3,(H2,12,14)(H,13,15). The Morgan fingerprint density at radius 2 is 2.38 bits per heavy atom. The van der Waals surface area contributed by atoms with Gasteiger partial charge in [0.25, 0.3) is 5.91 Å². The molecule has 1 aromatic rings. The fourth-order valence-electron chi connectivity index (χ4n) is 1.71. The Hall–Kier alpha value is -1.10. The predicted molar refractivity (Wildman–Crippen MR) is 65.6 cm³/mol. The zero-order valence-electron chi connectivity index (χ0n) is 9.45. The predicted octanol–water partition coefficient (Wildman–Crippen LogP) is 1.95.